The number of fused-ring (bicyclic) bond motifs is 1. The van der Waals surface area contributed by atoms with E-state index in [1.165, 1.54) is 0 Å². The highest BCUT2D eigenvalue weighted by Gasteiger charge is 2.37. The molecular formula is C48H52N8O5. The van der Waals surface area contributed by atoms with Crippen LogP contribution in [0, 0.1) is 5.92 Å². The number of hydrogen-bond acceptors (Lipinski definition) is 7. The van der Waals surface area contributed by atoms with E-state index in [0.717, 1.165) is 88.0 Å². The van der Waals surface area contributed by atoms with Gasteiger partial charge in [-0.2, -0.15) is 0 Å². The zero-order valence-corrected chi connectivity index (χ0v) is 34.9. The first-order valence-electron chi connectivity index (χ1n) is 21.1. The van der Waals surface area contributed by atoms with E-state index in [4.69, 9.17) is 9.72 Å². The highest BCUT2D eigenvalue weighted by atomic mass is 16.6. The van der Waals surface area contributed by atoms with Crippen molar-refractivity contribution in [3.8, 4) is 33.6 Å². The predicted octanol–water partition coefficient (Wildman–Crippen LogP) is 9.51. The number of amides is 3. The molecule has 8 rings (SSSR count). The number of alkyl carbamates (subject to hydrolysis) is 1. The fourth-order valence-electron chi connectivity index (χ4n) is 8.43. The van der Waals surface area contributed by atoms with Crippen molar-refractivity contribution in [2.24, 2.45) is 5.92 Å². The molecule has 0 aliphatic carbocycles. The van der Waals surface area contributed by atoms with Gasteiger partial charge in [-0.25, -0.2) is 19.6 Å². The number of hydrogen-bond donors (Lipinski definition) is 5. The molecule has 3 amide bonds. The van der Waals surface area contributed by atoms with Crippen LogP contribution >= 0.6 is 0 Å². The lowest BCUT2D eigenvalue weighted by Crippen LogP contribution is -2.50. The van der Waals surface area contributed by atoms with Crippen LogP contribution in [0.5, 0.6) is 0 Å². The third-order valence-electron chi connectivity index (χ3n) is 11.5. The van der Waals surface area contributed by atoms with Gasteiger partial charge in [0.05, 0.1) is 47.7 Å². The molecule has 3 atom stereocenters. The predicted molar refractivity (Wildman–Crippen MR) is 236 cm³/mol. The summed E-state index contributed by atoms with van der Waals surface area (Å²) in [7, 11) is 0. The first-order valence-corrected chi connectivity index (χ1v) is 21.1. The summed E-state index contributed by atoms with van der Waals surface area (Å²) in [5, 5.41) is 16.9. The van der Waals surface area contributed by atoms with Crippen molar-refractivity contribution < 1.29 is 24.2 Å². The molecule has 3 unspecified atom stereocenters. The molecule has 13 heteroatoms. The molecule has 2 aliphatic rings. The van der Waals surface area contributed by atoms with Crippen LogP contribution in [-0.4, -0.2) is 78.2 Å². The maximum atomic E-state index is 13.4. The van der Waals surface area contributed by atoms with Crippen LogP contribution in [0.1, 0.15) is 82.7 Å². The lowest BCUT2D eigenvalue weighted by molar-refractivity contribution is -0.135. The molecule has 2 fully saturated rings. The van der Waals surface area contributed by atoms with Gasteiger partial charge in [0.1, 0.15) is 17.7 Å². The minimum atomic E-state index is -1.21. The summed E-state index contributed by atoms with van der Waals surface area (Å²) in [6.07, 6.45) is 7.30. The maximum Gasteiger partial charge on any atom is 0.411 e. The number of carbonyl (C=O) groups is 3. The lowest BCUT2D eigenvalue weighted by Gasteiger charge is -2.29. The summed E-state index contributed by atoms with van der Waals surface area (Å²) >= 11 is 0. The maximum absolute atomic E-state index is 13.4. The van der Waals surface area contributed by atoms with Gasteiger partial charge in [-0.15, -0.1) is 0 Å². The fourth-order valence-corrected chi connectivity index (χ4v) is 8.43. The number of carboxylic acid groups (broad SMARTS) is 1. The van der Waals surface area contributed by atoms with Crippen LogP contribution in [0.15, 0.2) is 110 Å². The van der Waals surface area contributed by atoms with Gasteiger partial charge in [0.15, 0.2) is 0 Å². The summed E-state index contributed by atoms with van der Waals surface area (Å²) < 4.78 is 5.39. The average molecular weight is 821 g/mol. The monoisotopic (exact) mass is 820 g/mol. The molecule has 2 saturated heterocycles. The van der Waals surface area contributed by atoms with Gasteiger partial charge >= 0.3 is 12.2 Å². The number of carbonyl (C=O) groups excluding carboxylic acids is 2. The van der Waals surface area contributed by atoms with Crippen molar-refractivity contribution in [1.82, 2.24) is 40.4 Å². The number of aromatic amines is 2. The van der Waals surface area contributed by atoms with Crippen molar-refractivity contribution in [1.29, 1.82) is 0 Å². The van der Waals surface area contributed by atoms with Gasteiger partial charge in [-0.3, -0.25) is 10.1 Å². The van der Waals surface area contributed by atoms with E-state index in [1.54, 1.807) is 11.1 Å². The quantitative estimate of drug-likeness (QED) is 0.0814. The number of likely N-dealkylation sites (tertiary alicyclic amines) is 2. The second-order valence-corrected chi connectivity index (χ2v) is 16.5. The number of ether oxygens (including phenoxy) is 1. The SMILES string of the molecule is CC(C)OC(=O)NC(=CN1CCCC1c1ncc(-c2ccc(-c3ccc4cc(-c5cnc(C6CCCN6C(=O)C(NC(=O)O)C(C)C)[nH]5)ccc4c3)cc2)[nH]1)c1ccccc1. The molecule has 2 aromatic heterocycles. The van der Waals surface area contributed by atoms with Gasteiger partial charge in [-0.1, -0.05) is 92.7 Å². The second-order valence-electron chi connectivity index (χ2n) is 16.5. The van der Waals surface area contributed by atoms with Crippen molar-refractivity contribution >= 4 is 34.6 Å². The van der Waals surface area contributed by atoms with Crippen LogP contribution in [0.25, 0.3) is 50.1 Å². The third-order valence-corrected chi connectivity index (χ3v) is 11.5. The van der Waals surface area contributed by atoms with Crippen LogP contribution in [0.2, 0.25) is 0 Å². The highest BCUT2D eigenvalue weighted by Crippen LogP contribution is 2.36. The van der Waals surface area contributed by atoms with E-state index < -0.39 is 18.2 Å². The van der Waals surface area contributed by atoms with E-state index in [-0.39, 0.29) is 30.0 Å². The Morgan fingerprint density at radius 2 is 1.34 bits per heavy atom. The summed E-state index contributed by atoms with van der Waals surface area (Å²) in [5.74, 6) is 1.18. The Morgan fingerprint density at radius 3 is 2.02 bits per heavy atom. The van der Waals surface area contributed by atoms with E-state index in [2.05, 4.69) is 91.1 Å². The molecule has 0 bridgehead atoms. The van der Waals surface area contributed by atoms with Gasteiger partial charge < -0.3 is 34.9 Å². The number of H-pyrrole nitrogens is 2. The third kappa shape index (κ3) is 9.15. The lowest BCUT2D eigenvalue weighted by atomic mass is 9.98. The summed E-state index contributed by atoms with van der Waals surface area (Å²) in [6.45, 7) is 8.74. The normalized spacial score (nSPS) is 17.3. The number of nitrogens with one attached hydrogen (secondary N) is 4. The molecule has 0 spiro atoms. The minimum absolute atomic E-state index is 0.0312. The first-order chi connectivity index (χ1) is 29.5. The van der Waals surface area contributed by atoms with Crippen LogP contribution < -0.4 is 10.6 Å². The van der Waals surface area contributed by atoms with Crippen molar-refractivity contribution in [3.63, 3.8) is 0 Å². The zero-order chi connectivity index (χ0) is 42.6. The second kappa shape index (κ2) is 17.8. The van der Waals surface area contributed by atoms with Gasteiger partial charge in [0, 0.05) is 24.9 Å². The zero-order valence-electron chi connectivity index (χ0n) is 34.9. The van der Waals surface area contributed by atoms with Crippen molar-refractivity contribution in [3.05, 3.63) is 127 Å². The molecule has 61 heavy (non-hydrogen) atoms. The van der Waals surface area contributed by atoms with E-state index in [9.17, 15) is 19.5 Å². The Labute approximate surface area is 355 Å². The molecule has 0 radical (unpaired) electrons. The standard InChI is InChI=1S/C48H52N8O5/c1-29(2)43(54-47(58)59)46(57)56-23-9-13-42(56)45-50-27-39(52-45)37-21-20-35-24-34(18-19-36(35)25-37)31-14-16-33(17-15-31)38-26-49-44(51-38)41-12-8-22-55(41)28-40(32-10-6-5-7-11-32)53-48(60)61-30(3)4/h5-7,10-11,14-21,24-30,41-43,54H,8-9,12-13,22-23H2,1-4H3,(H,49,51)(H,50,52)(H,53,60)(H,58,59). The smallest absolute Gasteiger partial charge is 0.411 e. The number of imidazole rings is 2. The van der Waals surface area contributed by atoms with Crippen LogP contribution in [-0.2, 0) is 9.53 Å². The molecule has 4 aromatic carbocycles. The Bertz CT molecular complexity index is 2540. The average Bonchev–Trinajstić information content (AvgIpc) is 4.10. The summed E-state index contributed by atoms with van der Waals surface area (Å²) in [4.78, 5) is 58.0. The molecule has 0 saturated carbocycles. The van der Waals surface area contributed by atoms with Crippen LogP contribution in [0.3, 0.4) is 0 Å². The molecule has 314 valence electrons. The minimum Gasteiger partial charge on any atom is -0.465 e. The Hall–Kier alpha value is -6.89. The van der Waals surface area contributed by atoms with Crippen molar-refractivity contribution in [2.75, 3.05) is 13.1 Å². The number of benzene rings is 4. The largest absolute Gasteiger partial charge is 0.465 e. The molecule has 5 N–H and O–H groups in total. The number of rotatable bonds is 12. The highest BCUT2D eigenvalue weighted by molar-refractivity contribution is 5.91. The molecule has 13 nitrogen and oxygen atoms in total. The van der Waals surface area contributed by atoms with Gasteiger partial charge in [0.25, 0.3) is 0 Å². The Morgan fingerprint density at radius 1 is 0.754 bits per heavy atom. The van der Waals surface area contributed by atoms with Gasteiger partial charge in [-0.05, 0) is 90.6 Å². The van der Waals surface area contributed by atoms with E-state index >= 15 is 0 Å². The summed E-state index contributed by atoms with van der Waals surface area (Å²) in [5.41, 5.74) is 7.61. The number of nitrogens with zero attached hydrogens (tertiary/aromatic N) is 4. The Balaban J connectivity index is 0.947. The molecule has 6 aromatic rings. The van der Waals surface area contributed by atoms with E-state index in [1.807, 2.05) is 70.4 Å². The molecule has 4 heterocycles. The Kier molecular flexibility index (Phi) is 11.9. The molecular weight excluding hydrogens is 769 g/mol. The molecule has 2 aliphatic heterocycles. The van der Waals surface area contributed by atoms with E-state index in [0.29, 0.717) is 18.1 Å². The topological polar surface area (TPSA) is 169 Å². The van der Waals surface area contributed by atoms with Crippen LogP contribution in [0.4, 0.5) is 9.59 Å². The first kappa shape index (κ1) is 40.9. The van der Waals surface area contributed by atoms with Crippen molar-refractivity contribution in [2.45, 2.75) is 77.6 Å². The fraction of sp³-hybridized carbons (Fsp3) is 0.312. The number of aromatic nitrogens is 4. The summed E-state index contributed by atoms with van der Waals surface area (Å²) in [6, 6.07) is 30.1. The van der Waals surface area contributed by atoms with Gasteiger partial charge in [0.2, 0.25) is 5.91 Å².